The third kappa shape index (κ3) is 3.12. The molecule has 3 rings (SSSR count). The first-order valence-electron chi connectivity index (χ1n) is 6.91. The van der Waals surface area contributed by atoms with Crippen molar-refractivity contribution in [3.63, 3.8) is 0 Å². The molecule has 0 bridgehead atoms. The fourth-order valence-electron chi connectivity index (χ4n) is 2.24. The highest BCUT2D eigenvalue weighted by Gasteiger charge is 2.18. The zero-order chi connectivity index (χ0) is 15.5. The van der Waals surface area contributed by atoms with Crippen molar-refractivity contribution in [2.75, 3.05) is 11.1 Å². The number of anilines is 1. The number of fused-ring (bicyclic) bond motifs is 1. The Bertz CT molecular complexity index is 719. The van der Waals surface area contributed by atoms with E-state index in [0.717, 1.165) is 10.5 Å². The van der Waals surface area contributed by atoms with Gasteiger partial charge in [0.25, 0.3) is 5.91 Å². The number of benzene rings is 1. The molecule has 22 heavy (non-hydrogen) atoms. The third-order valence-electron chi connectivity index (χ3n) is 3.43. The highest BCUT2D eigenvalue weighted by Crippen LogP contribution is 2.32. The van der Waals surface area contributed by atoms with Gasteiger partial charge in [-0.2, -0.15) is 0 Å². The summed E-state index contributed by atoms with van der Waals surface area (Å²) < 4.78 is 0. The second-order valence-corrected chi connectivity index (χ2v) is 6.04. The maximum absolute atomic E-state index is 12.3. The van der Waals surface area contributed by atoms with Crippen molar-refractivity contribution in [1.29, 1.82) is 0 Å². The number of rotatable bonds is 3. The highest BCUT2D eigenvalue weighted by atomic mass is 32.2. The van der Waals surface area contributed by atoms with Gasteiger partial charge >= 0.3 is 0 Å². The van der Waals surface area contributed by atoms with Gasteiger partial charge in [-0.15, -0.1) is 11.8 Å². The molecule has 0 saturated heterocycles. The molecule has 1 aromatic heterocycles. The predicted octanol–water partition coefficient (Wildman–Crippen LogP) is 2.62. The zero-order valence-electron chi connectivity index (χ0n) is 12.0. The minimum absolute atomic E-state index is 0.0415. The Morgan fingerprint density at radius 2 is 2.09 bits per heavy atom. The number of nitrogens with zero attached hydrogens (tertiary/aromatic N) is 1. The summed E-state index contributed by atoms with van der Waals surface area (Å²) >= 11 is 1.48. The van der Waals surface area contributed by atoms with Crippen LogP contribution in [0.4, 0.5) is 5.69 Å². The molecular weight excluding hydrogens is 298 g/mol. The molecule has 1 aliphatic rings. The van der Waals surface area contributed by atoms with E-state index in [2.05, 4.69) is 15.6 Å². The standard InChI is InChI=1S/C16H15N3O2S/c1-10(11-4-6-17-7-5-11)18-16(21)12-2-3-14-13(8-12)19-15(20)9-22-14/h2-8,10H,9H2,1H3,(H,18,21)(H,19,20). The van der Waals surface area contributed by atoms with E-state index in [1.807, 2.05) is 25.1 Å². The lowest BCUT2D eigenvalue weighted by atomic mass is 10.1. The van der Waals surface area contributed by atoms with Gasteiger partial charge in [0.15, 0.2) is 0 Å². The Kier molecular flexibility index (Phi) is 4.11. The number of hydrogen-bond acceptors (Lipinski definition) is 4. The minimum Gasteiger partial charge on any atom is -0.346 e. The van der Waals surface area contributed by atoms with Crippen LogP contribution in [0.15, 0.2) is 47.6 Å². The van der Waals surface area contributed by atoms with E-state index in [-0.39, 0.29) is 17.9 Å². The van der Waals surface area contributed by atoms with Crippen LogP contribution in [0.25, 0.3) is 0 Å². The summed E-state index contributed by atoms with van der Waals surface area (Å²) in [5, 5.41) is 5.74. The summed E-state index contributed by atoms with van der Waals surface area (Å²) in [6, 6.07) is 8.98. The average Bonchev–Trinajstić information content (AvgIpc) is 2.54. The van der Waals surface area contributed by atoms with E-state index in [9.17, 15) is 9.59 Å². The van der Waals surface area contributed by atoms with E-state index in [1.54, 1.807) is 24.5 Å². The Morgan fingerprint density at radius 1 is 1.32 bits per heavy atom. The van der Waals surface area contributed by atoms with Crippen LogP contribution in [0.1, 0.15) is 28.9 Å². The molecule has 2 amide bonds. The number of carbonyl (C=O) groups excluding carboxylic acids is 2. The van der Waals surface area contributed by atoms with Gasteiger partial charge in [-0.3, -0.25) is 14.6 Å². The van der Waals surface area contributed by atoms with Crippen molar-refractivity contribution in [3.8, 4) is 0 Å². The SMILES string of the molecule is CC(NC(=O)c1ccc2c(c1)NC(=O)CS2)c1ccncc1. The van der Waals surface area contributed by atoms with Crippen LogP contribution in [0.3, 0.4) is 0 Å². The number of hydrogen-bond donors (Lipinski definition) is 2. The molecule has 112 valence electrons. The molecule has 0 radical (unpaired) electrons. The van der Waals surface area contributed by atoms with E-state index in [0.29, 0.717) is 17.0 Å². The molecule has 5 nitrogen and oxygen atoms in total. The molecule has 0 fully saturated rings. The molecule has 0 spiro atoms. The Morgan fingerprint density at radius 3 is 2.86 bits per heavy atom. The number of pyridine rings is 1. The number of carbonyl (C=O) groups is 2. The lowest BCUT2D eigenvalue weighted by molar-refractivity contribution is -0.113. The summed E-state index contributed by atoms with van der Waals surface area (Å²) in [5.41, 5.74) is 2.22. The van der Waals surface area contributed by atoms with Gasteiger partial charge in [0.05, 0.1) is 17.5 Å². The van der Waals surface area contributed by atoms with Crippen molar-refractivity contribution >= 4 is 29.3 Å². The van der Waals surface area contributed by atoms with Crippen LogP contribution in [-0.4, -0.2) is 22.6 Å². The topological polar surface area (TPSA) is 71.1 Å². The second kappa shape index (κ2) is 6.19. The number of nitrogens with one attached hydrogen (secondary N) is 2. The van der Waals surface area contributed by atoms with Crippen LogP contribution in [0.2, 0.25) is 0 Å². The molecule has 2 N–H and O–H groups in total. The van der Waals surface area contributed by atoms with E-state index in [4.69, 9.17) is 0 Å². The van der Waals surface area contributed by atoms with Crippen molar-refractivity contribution in [1.82, 2.24) is 10.3 Å². The number of aromatic nitrogens is 1. The molecule has 1 aliphatic heterocycles. The largest absolute Gasteiger partial charge is 0.346 e. The van der Waals surface area contributed by atoms with Crippen molar-refractivity contribution in [2.45, 2.75) is 17.9 Å². The normalized spacial score (nSPS) is 14.7. The molecule has 1 aromatic carbocycles. The Hall–Kier alpha value is -2.34. The third-order valence-corrected chi connectivity index (χ3v) is 4.50. The van der Waals surface area contributed by atoms with E-state index < -0.39 is 0 Å². The first-order chi connectivity index (χ1) is 10.6. The molecule has 2 aromatic rings. The zero-order valence-corrected chi connectivity index (χ0v) is 12.8. The first-order valence-corrected chi connectivity index (χ1v) is 7.89. The molecule has 0 aliphatic carbocycles. The number of amides is 2. The summed E-state index contributed by atoms with van der Waals surface area (Å²) in [5.74, 6) is 0.203. The van der Waals surface area contributed by atoms with Gasteiger partial charge in [-0.25, -0.2) is 0 Å². The minimum atomic E-state index is -0.170. The van der Waals surface area contributed by atoms with Crippen LogP contribution < -0.4 is 10.6 Å². The maximum atomic E-state index is 12.3. The predicted molar refractivity (Wildman–Crippen MR) is 85.9 cm³/mol. The molecule has 0 saturated carbocycles. The quantitative estimate of drug-likeness (QED) is 0.914. The number of thioether (sulfide) groups is 1. The average molecular weight is 313 g/mol. The maximum Gasteiger partial charge on any atom is 0.251 e. The smallest absolute Gasteiger partial charge is 0.251 e. The van der Waals surface area contributed by atoms with E-state index >= 15 is 0 Å². The van der Waals surface area contributed by atoms with Crippen molar-refractivity contribution < 1.29 is 9.59 Å². The van der Waals surface area contributed by atoms with Gasteiger partial charge < -0.3 is 10.6 Å². The second-order valence-electron chi connectivity index (χ2n) is 5.02. The van der Waals surface area contributed by atoms with Crippen molar-refractivity contribution in [3.05, 3.63) is 53.9 Å². The first kappa shape index (κ1) is 14.6. The van der Waals surface area contributed by atoms with Gasteiger partial charge in [0.1, 0.15) is 0 Å². The lowest BCUT2D eigenvalue weighted by Crippen LogP contribution is -2.27. The molecule has 1 unspecified atom stereocenters. The van der Waals surface area contributed by atoms with Crippen LogP contribution in [0, 0.1) is 0 Å². The van der Waals surface area contributed by atoms with Gasteiger partial charge in [0.2, 0.25) is 5.91 Å². The summed E-state index contributed by atoms with van der Waals surface area (Å²) in [4.78, 5) is 28.7. The lowest BCUT2D eigenvalue weighted by Gasteiger charge is -2.18. The van der Waals surface area contributed by atoms with Crippen LogP contribution in [0.5, 0.6) is 0 Å². The summed E-state index contributed by atoms with van der Waals surface area (Å²) in [6.45, 7) is 1.92. The summed E-state index contributed by atoms with van der Waals surface area (Å²) in [7, 11) is 0. The van der Waals surface area contributed by atoms with Gasteiger partial charge in [0, 0.05) is 22.9 Å². The summed E-state index contributed by atoms with van der Waals surface area (Å²) in [6.07, 6.45) is 3.40. The van der Waals surface area contributed by atoms with Gasteiger partial charge in [-0.1, -0.05) is 0 Å². The fourth-order valence-corrected chi connectivity index (χ4v) is 3.03. The van der Waals surface area contributed by atoms with E-state index in [1.165, 1.54) is 11.8 Å². The fraction of sp³-hybridized carbons (Fsp3) is 0.188. The Labute approximate surface area is 132 Å². The Balaban J connectivity index is 1.75. The van der Waals surface area contributed by atoms with Crippen LogP contribution in [-0.2, 0) is 4.79 Å². The molecule has 2 heterocycles. The highest BCUT2D eigenvalue weighted by molar-refractivity contribution is 8.00. The monoisotopic (exact) mass is 313 g/mol. The molecule has 1 atom stereocenters. The van der Waals surface area contributed by atoms with Crippen molar-refractivity contribution in [2.24, 2.45) is 0 Å². The molecule has 6 heteroatoms. The van der Waals surface area contributed by atoms with Gasteiger partial charge in [-0.05, 0) is 42.8 Å². The molecular formula is C16H15N3O2S. The van der Waals surface area contributed by atoms with Crippen LogP contribution >= 0.6 is 11.8 Å².